The molecule has 0 heterocycles. The van der Waals surface area contributed by atoms with Crippen LogP contribution in [0.3, 0.4) is 0 Å². The highest BCUT2D eigenvalue weighted by molar-refractivity contribution is 6.00. The molecule has 0 radical (unpaired) electrons. The maximum Gasteiger partial charge on any atom is 0.138 e. The summed E-state index contributed by atoms with van der Waals surface area (Å²) in [4.78, 5) is 0. The molecular formula is C101H112N18O5. The third-order valence-corrected chi connectivity index (χ3v) is 17.0. The van der Waals surface area contributed by atoms with Crippen molar-refractivity contribution in [2.75, 3.05) is 103 Å². The highest BCUT2D eigenvalue weighted by atomic mass is 16.5. The summed E-state index contributed by atoms with van der Waals surface area (Å²) in [6.07, 6.45) is 0.917. The van der Waals surface area contributed by atoms with Crippen molar-refractivity contribution in [1.29, 1.82) is 0 Å². The summed E-state index contributed by atoms with van der Waals surface area (Å²) in [5, 5.41) is 30.6. The van der Waals surface area contributed by atoms with Crippen LogP contribution in [0.4, 0.5) is 102 Å². The number of hydrogen-bond acceptors (Lipinski definition) is 23. The quantitative estimate of drug-likeness (QED) is 0.0418. The van der Waals surface area contributed by atoms with Gasteiger partial charge in [-0.25, -0.2) is 0 Å². The van der Waals surface area contributed by atoms with Crippen LogP contribution < -0.4 is 113 Å². The Morgan fingerprint density at radius 1 is 0.202 bits per heavy atom. The molecule has 636 valence electrons. The van der Waals surface area contributed by atoms with Crippen molar-refractivity contribution in [1.82, 2.24) is 0 Å². The average Bonchev–Trinajstić information content (AvgIpc) is 0.818. The largest absolute Gasteiger partial charge is 0.508 e. The first-order chi connectivity index (χ1) is 59.4. The van der Waals surface area contributed by atoms with E-state index in [1.165, 1.54) is 22.6 Å². The van der Waals surface area contributed by atoms with Gasteiger partial charge in [-0.3, -0.25) is 0 Å². The summed E-state index contributed by atoms with van der Waals surface area (Å²) in [5.74, 6) is 3.59. The minimum atomic E-state index is 0.146. The van der Waals surface area contributed by atoms with Crippen LogP contribution in [0.5, 0.6) is 40.2 Å². The standard InChI is InChI=1S/C13H14N2.2C12H12N2O.C10H10N2.C10H9N.C8H11N.2C6H8N2.3C6H7NO.C6H7N/c14-12-5-1-10(2-6-12)9-11-3-7-13(15)8-4-11;13-9-1-5-11(6-2-9)15-12-7-3-10(14)4-8-12;13-9-4-6-11(7-5-9)15-12-3-1-2-10(14)8-12;11-9-5-1-3-7-8(9)4-2-6-10(7)12;11-10-7-3-5-8-4-1-2-6-9(8)10;1-6-4-3-5-7(2)8(6)9;7-5-1-2-6(8)4-3-5;7-5-2-1-3-6(8)4-5;7-5-1-3-6(8)4-2-5;7-5-2-1-3-6(8)4-5;7-5-3-1-2-4-6(5)8;7-6-4-2-1-3-5-6/h1-8H,9,14-15H2;2*1-8H,13-14H2;1-6H,11-12H2;1-7H,11H2;3-5H,9H2,1-2H3;2*1-4H,7-8H2;3*1-4,8H,7H2;1-5H,7H2. The van der Waals surface area contributed by atoms with E-state index in [0.717, 1.165) is 125 Å². The van der Waals surface area contributed by atoms with Gasteiger partial charge in [0.2, 0.25) is 0 Å². The van der Waals surface area contributed by atoms with Crippen LogP contribution in [0.25, 0.3) is 21.5 Å². The van der Waals surface area contributed by atoms with Crippen molar-refractivity contribution < 1.29 is 24.8 Å². The first-order valence-electron chi connectivity index (χ1n) is 38.6. The molecule has 0 aliphatic carbocycles. The number of hydrogen-bond donors (Lipinski definition) is 21. The molecule has 0 spiro atoms. The van der Waals surface area contributed by atoms with Crippen molar-refractivity contribution in [2.45, 2.75) is 20.3 Å². The summed E-state index contributed by atoms with van der Waals surface area (Å²) in [6, 6.07) is 120. The van der Waals surface area contributed by atoms with Gasteiger partial charge in [-0.1, -0.05) is 152 Å². The van der Waals surface area contributed by atoms with E-state index in [0.29, 0.717) is 34.1 Å². The van der Waals surface area contributed by atoms with Gasteiger partial charge in [0.15, 0.2) is 0 Å². The monoisotopic (exact) mass is 1660 g/mol. The maximum absolute atomic E-state index is 8.79. The number of para-hydroxylation sites is 4. The second-order valence-corrected chi connectivity index (χ2v) is 27.3. The summed E-state index contributed by atoms with van der Waals surface area (Å²) in [5.41, 5.74) is 117. The number of aryl methyl sites for hydroxylation is 2. The summed E-state index contributed by atoms with van der Waals surface area (Å²) < 4.78 is 11.2. The van der Waals surface area contributed by atoms with Crippen LogP contribution in [-0.4, -0.2) is 15.3 Å². The lowest BCUT2D eigenvalue weighted by molar-refractivity contribution is 0.475. The molecule has 0 aromatic heterocycles. The number of phenolic OH excluding ortho intramolecular Hbond substituents is 3. The predicted molar refractivity (Wildman–Crippen MR) is 528 cm³/mol. The number of ether oxygens (including phenoxy) is 2. The molecule has 17 rings (SSSR count). The molecular weight excluding hydrogens is 1550 g/mol. The number of anilines is 18. The third-order valence-electron chi connectivity index (χ3n) is 17.0. The zero-order chi connectivity index (χ0) is 90.1. The van der Waals surface area contributed by atoms with Crippen LogP contribution >= 0.6 is 0 Å². The first-order valence-corrected chi connectivity index (χ1v) is 38.6. The van der Waals surface area contributed by atoms with Crippen molar-refractivity contribution in [2.24, 2.45) is 0 Å². The van der Waals surface area contributed by atoms with E-state index < -0.39 is 0 Å². The van der Waals surface area contributed by atoms with E-state index in [4.69, 9.17) is 128 Å². The van der Waals surface area contributed by atoms with Gasteiger partial charge in [-0.05, 0) is 278 Å². The van der Waals surface area contributed by atoms with E-state index in [9.17, 15) is 0 Å². The van der Waals surface area contributed by atoms with Gasteiger partial charge in [0, 0.05) is 125 Å². The zero-order valence-corrected chi connectivity index (χ0v) is 69.3. The van der Waals surface area contributed by atoms with E-state index >= 15 is 0 Å². The lowest BCUT2D eigenvalue weighted by Crippen LogP contribution is -1.91. The summed E-state index contributed by atoms with van der Waals surface area (Å²) >= 11 is 0. The fraction of sp³-hybridized carbons (Fsp3) is 0.0297. The van der Waals surface area contributed by atoms with Gasteiger partial charge in [0.05, 0.1) is 5.69 Å². The highest BCUT2D eigenvalue weighted by Crippen LogP contribution is 2.28. The second-order valence-electron chi connectivity index (χ2n) is 27.3. The molecule has 23 nitrogen and oxygen atoms in total. The van der Waals surface area contributed by atoms with Gasteiger partial charge in [0.25, 0.3) is 0 Å². The van der Waals surface area contributed by atoms with Gasteiger partial charge in [-0.15, -0.1) is 0 Å². The van der Waals surface area contributed by atoms with Crippen LogP contribution in [0.15, 0.2) is 394 Å². The van der Waals surface area contributed by atoms with E-state index in [-0.39, 0.29) is 17.2 Å². The molecule has 0 saturated heterocycles. The molecule has 0 bridgehead atoms. The van der Waals surface area contributed by atoms with Crippen LogP contribution in [-0.2, 0) is 6.42 Å². The normalized spacial score (nSPS) is 9.60. The maximum atomic E-state index is 8.79. The Labute approximate surface area is 724 Å². The lowest BCUT2D eigenvalue weighted by Gasteiger charge is -2.06. The highest BCUT2D eigenvalue weighted by Gasteiger charge is 2.03. The summed E-state index contributed by atoms with van der Waals surface area (Å²) in [7, 11) is 0. The smallest absolute Gasteiger partial charge is 0.138 e. The molecule has 0 atom stereocenters. The van der Waals surface area contributed by atoms with Gasteiger partial charge < -0.3 is 128 Å². The minimum Gasteiger partial charge on any atom is -0.508 e. The van der Waals surface area contributed by atoms with E-state index in [1.54, 1.807) is 152 Å². The Morgan fingerprint density at radius 3 is 0.823 bits per heavy atom. The number of nitrogens with two attached hydrogens (primary N) is 18. The van der Waals surface area contributed by atoms with Crippen molar-refractivity contribution in [3.05, 3.63) is 417 Å². The van der Waals surface area contributed by atoms with Gasteiger partial charge >= 0.3 is 0 Å². The molecule has 23 heteroatoms. The van der Waals surface area contributed by atoms with Gasteiger partial charge in [-0.2, -0.15) is 0 Å². The Hall–Kier alpha value is -17.3. The first kappa shape index (κ1) is 95.5. The van der Waals surface area contributed by atoms with E-state index in [2.05, 4.69) is 12.1 Å². The molecule has 0 aliphatic heterocycles. The fourth-order valence-electron chi connectivity index (χ4n) is 10.4. The number of rotatable bonds is 6. The minimum absolute atomic E-state index is 0.146. The number of phenols is 3. The zero-order valence-electron chi connectivity index (χ0n) is 69.3. The molecule has 0 saturated carbocycles. The molecule has 124 heavy (non-hydrogen) atoms. The number of benzene rings is 17. The van der Waals surface area contributed by atoms with Crippen LogP contribution in [0.1, 0.15) is 22.3 Å². The second kappa shape index (κ2) is 51.7. The van der Waals surface area contributed by atoms with Crippen molar-refractivity contribution in [3.8, 4) is 40.2 Å². The molecule has 0 aliphatic rings. The Kier molecular flexibility index (Phi) is 39.8. The van der Waals surface area contributed by atoms with Crippen LogP contribution in [0, 0.1) is 13.8 Å². The number of fused-ring (bicyclic) bond motifs is 2. The fourth-order valence-corrected chi connectivity index (χ4v) is 10.4. The van der Waals surface area contributed by atoms with Crippen LogP contribution in [0.2, 0.25) is 0 Å². The molecule has 0 fully saturated rings. The van der Waals surface area contributed by atoms with E-state index in [1.807, 2.05) is 238 Å². The SMILES string of the molecule is Cc1cccc(C)c1N.Nc1ccc(Cc2ccc(N)cc2)cc1.Nc1ccc(N)cc1.Nc1ccc(O)cc1.Nc1ccc(Oc2ccc(N)cc2)cc1.Nc1ccc(Oc2cccc(N)c2)cc1.Nc1cccc(N)c1.Nc1cccc(O)c1.Nc1cccc2c(N)cccc12.Nc1cccc2ccccc12.Nc1ccccc1.Nc1ccccc1O. The molecule has 0 amide bonds. The Morgan fingerprint density at radius 2 is 0.484 bits per heavy atom. The average molecular weight is 1660 g/mol. The van der Waals surface area contributed by atoms with Crippen molar-refractivity contribution >= 4 is 124 Å². The number of aromatic hydroxyl groups is 3. The van der Waals surface area contributed by atoms with Crippen molar-refractivity contribution in [3.63, 3.8) is 0 Å². The Balaban J connectivity index is 0.000000211. The van der Waals surface area contributed by atoms with Gasteiger partial charge in [0.1, 0.15) is 40.2 Å². The number of nitrogen functional groups attached to an aromatic ring is 18. The molecule has 17 aromatic carbocycles. The molecule has 39 N–H and O–H groups in total. The molecule has 17 aromatic rings. The third kappa shape index (κ3) is 37.7. The molecule has 0 unspecified atom stereocenters. The Bertz CT molecular complexity index is 5500. The predicted octanol–water partition coefficient (Wildman–Crippen LogP) is 19.9. The lowest BCUT2D eigenvalue weighted by atomic mass is 10.0. The topological polar surface area (TPSA) is 548 Å². The summed E-state index contributed by atoms with van der Waals surface area (Å²) in [6.45, 7) is 4.03.